The number of hydrogen-bond acceptors (Lipinski definition) is 2. The summed E-state index contributed by atoms with van der Waals surface area (Å²) in [5.74, 6) is 1.04. The Labute approximate surface area is 92.0 Å². The third-order valence-corrected chi connectivity index (χ3v) is 2.73. The van der Waals surface area contributed by atoms with Crippen LogP contribution in [0, 0.1) is 5.41 Å². The summed E-state index contributed by atoms with van der Waals surface area (Å²) in [7, 11) is 1.64. The van der Waals surface area contributed by atoms with Crippen LogP contribution >= 0.6 is 0 Å². The van der Waals surface area contributed by atoms with Gasteiger partial charge in [0.05, 0.1) is 7.11 Å². The van der Waals surface area contributed by atoms with Gasteiger partial charge < -0.3 is 4.74 Å². The Bertz CT molecular complexity index is 308. The van der Waals surface area contributed by atoms with Crippen molar-refractivity contribution in [3.8, 4) is 0 Å². The third kappa shape index (κ3) is 2.71. The van der Waals surface area contributed by atoms with E-state index in [9.17, 15) is 4.79 Å². The summed E-state index contributed by atoms with van der Waals surface area (Å²) in [6.07, 6.45) is 6.80. The summed E-state index contributed by atoms with van der Waals surface area (Å²) in [6, 6.07) is 0. The Kier molecular flexibility index (Phi) is 3.72. The van der Waals surface area contributed by atoms with Crippen LogP contribution in [0.1, 0.15) is 40.0 Å². The number of carbonyl (C=O) groups is 1. The molecule has 0 aromatic rings. The van der Waals surface area contributed by atoms with Gasteiger partial charge in [0.25, 0.3) is 0 Å². The molecule has 0 bridgehead atoms. The van der Waals surface area contributed by atoms with E-state index >= 15 is 0 Å². The van der Waals surface area contributed by atoms with Gasteiger partial charge in [0.2, 0.25) is 0 Å². The number of methoxy groups -OCH3 is 1. The number of hydrogen-bond donors (Lipinski definition) is 0. The molecule has 0 fully saturated rings. The first-order valence-electron chi connectivity index (χ1n) is 5.53. The van der Waals surface area contributed by atoms with Crippen molar-refractivity contribution < 1.29 is 9.53 Å². The lowest BCUT2D eigenvalue weighted by Gasteiger charge is -2.25. The van der Waals surface area contributed by atoms with Crippen molar-refractivity contribution in [2.45, 2.75) is 40.0 Å². The summed E-state index contributed by atoms with van der Waals surface area (Å²) in [5, 5.41) is 0. The quantitative estimate of drug-likeness (QED) is 0.709. The maximum atomic E-state index is 12.0. The highest BCUT2D eigenvalue weighted by Gasteiger charge is 2.31. The number of Topliss-reactive ketones (excluding diaryl/α,β-unsaturated/α-hetero) is 1. The summed E-state index contributed by atoms with van der Waals surface area (Å²) in [6.45, 7) is 6.01. The molecule has 0 aliphatic heterocycles. The van der Waals surface area contributed by atoms with Crippen LogP contribution in [0.4, 0.5) is 0 Å². The maximum absolute atomic E-state index is 12.0. The van der Waals surface area contributed by atoms with Crippen molar-refractivity contribution in [2.24, 2.45) is 5.41 Å². The van der Waals surface area contributed by atoms with Crippen molar-refractivity contribution >= 4 is 5.78 Å². The molecule has 0 radical (unpaired) electrons. The van der Waals surface area contributed by atoms with Crippen LogP contribution in [0.25, 0.3) is 0 Å². The zero-order valence-corrected chi connectivity index (χ0v) is 10.1. The Morgan fingerprint density at radius 1 is 1.40 bits per heavy atom. The fourth-order valence-electron chi connectivity index (χ4n) is 1.78. The molecule has 0 saturated carbocycles. The van der Waals surface area contributed by atoms with Gasteiger partial charge in [0, 0.05) is 5.41 Å². The SMILES string of the molecule is CCCCC1=CC(OC)=CC(C)(C)C1=O. The van der Waals surface area contributed by atoms with Gasteiger partial charge in [-0.3, -0.25) is 4.79 Å². The second-order valence-corrected chi connectivity index (χ2v) is 4.57. The zero-order valence-electron chi connectivity index (χ0n) is 10.1. The van der Waals surface area contributed by atoms with Crippen molar-refractivity contribution in [1.29, 1.82) is 0 Å². The average Bonchev–Trinajstić information content (AvgIpc) is 2.20. The third-order valence-electron chi connectivity index (χ3n) is 2.73. The smallest absolute Gasteiger partial charge is 0.168 e. The van der Waals surface area contributed by atoms with Crippen LogP contribution in [0.15, 0.2) is 23.5 Å². The first-order valence-corrected chi connectivity index (χ1v) is 5.53. The van der Waals surface area contributed by atoms with Crippen LogP contribution in [-0.2, 0) is 9.53 Å². The molecule has 0 aromatic heterocycles. The molecule has 0 aromatic carbocycles. The van der Waals surface area contributed by atoms with Crippen molar-refractivity contribution in [3.05, 3.63) is 23.5 Å². The van der Waals surface area contributed by atoms with Crippen LogP contribution in [-0.4, -0.2) is 12.9 Å². The summed E-state index contributed by atoms with van der Waals surface area (Å²) in [5.41, 5.74) is 0.490. The molecule has 1 aliphatic rings. The predicted octanol–water partition coefficient (Wildman–Crippen LogP) is 3.24. The minimum atomic E-state index is -0.414. The van der Waals surface area contributed by atoms with Crippen LogP contribution < -0.4 is 0 Å². The lowest BCUT2D eigenvalue weighted by molar-refractivity contribution is -0.121. The van der Waals surface area contributed by atoms with Crippen molar-refractivity contribution in [2.75, 3.05) is 7.11 Å². The fourth-order valence-corrected chi connectivity index (χ4v) is 1.78. The van der Waals surface area contributed by atoms with Gasteiger partial charge in [0.15, 0.2) is 5.78 Å². The largest absolute Gasteiger partial charge is 0.497 e. The molecule has 0 amide bonds. The second-order valence-electron chi connectivity index (χ2n) is 4.57. The summed E-state index contributed by atoms with van der Waals surface area (Å²) >= 11 is 0. The molecule has 0 atom stereocenters. The van der Waals surface area contributed by atoms with E-state index in [1.807, 2.05) is 26.0 Å². The van der Waals surface area contributed by atoms with E-state index in [1.54, 1.807) is 7.11 Å². The molecular formula is C13H20O2. The van der Waals surface area contributed by atoms with E-state index in [-0.39, 0.29) is 5.78 Å². The number of unbranched alkanes of at least 4 members (excludes halogenated alkanes) is 1. The summed E-state index contributed by atoms with van der Waals surface area (Å²) in [4.78, 5) is 12.0. The van der Waals surface area contributed by atoms with E-state index in [2.05, 4.69) is 6.92 Å². The molecule has 1 rings (SSSR count). The Balaban J connectivity index is 2.90. The second kappa shape index (κ2) is 4.65. The number of allylic oxidation sites excluding steroid dienone is 3. The van der Waals surface area contributed by atoms with Gasteiger partial charge in [-0.15, -0.1) is 0 Å². The molecule has 84 valence electrons. The number of ether oxygens (including phenoxy) is 1. The maximum Gasteiger partial charge on any atom is 0.168 e. The van der Waals surface area contributed by atoms with Gasteiger partial charge in [-0.25, -0.2) is 0 Å². The lowest BCUT2D eigenvalue weighted by Crippen LogP contribution is -2.27. The summed E-state index contributed by atoms with van der Waals surface area (Å²) < 4.78 is 5.22. The normalized spacial score (nSPS) is 19.6. The molecule has 0 heterocycles. The first kappa shape index (κ1) is 12.0. The average molecular weight is 208 g/mol. The fraction of sp³-hybridized carbons (Fsp3) is 0.615. The molecule has 0 saturated heterocycles. The van der Waals surface area contributed by atoms with Gasteiger partial charge in [-0.1, -0.05) is 13.3 Å². The van der Waals surface area contributed by atoms with E-state index in [1.165, 1.54) is 0 Å². The molecule has 15 heavy (non-hydrogen) atoms. The standard InChI is InChI=1S/C13H20O2/c1-5-6-7-10-8-11(15-4)9-13(2,3)12(10)14/h8-9H,5-7H2,1-4H3. The molecule has 0 N–H and O–H groups in total. The zero-order chi connectivity index (χ0) is 11.5. The van der Waals surface area contributed by atoms with E-state index < -0.39 is 5.41 Å². The van der Waals surface area contributed by atoms with Gasteiger partial charge in [-0.05, 0) is 44.4 Å². The van der Waals surface area contributed by atoms with Gasteiger partial charge in [0.1, 0.15) is 5.76 Å². The molecule has 2 nitrogen and oxygen atoms in total. The molecule has 0 spiro atoms. The molecule has 0 unspecified atom stereocenters. The van der Waals surface area contributed by atoms with Crippen molar-refractivity contribution in [1.82, 2.24) is 0 Å². The predicted molar refractivity (Wildman–Crippen MR) is 61.5 cm³/mol. The Morgan fingerprint density at radius 2 is 2.07 bits per heavy atom. The lowest BCUT2D eigenvalue weighted by atomic mass is 9.79. The first-order chi connectivity index (χ1) is 7.01. The highest BCUT2D eigenvalue weighted by molar-refractivity contribution is 6.02. The molecular weight excluding hydrogens is 188 g/mol. The van der Waals surface area contributed by atoms with Crippen LogP contribution in [0.2, 0.25) is 0 Å². The number of ketones is 1. The minimum absolute atomic E-state index is 0.233. The number of carbonyl (C=O) groups excluding carboxylic acids is 1. The van der Waals surface area contributed by atoms with Crippen LogP contribution in [0.3, 0.4) is 0 Å². The monoisotopic (exact) mass is 208 g/mol. The van der Waals surface area contributed by atoms with Gasteiger partial charge >= 0.3 is 0 Å². The van der Waals surface area contributed by atoms with E-state index in [0.29, 0.717) is 0 Å². The minimum Gasteiger partial charge on any atom is -0.497 e. The molecule has 1 aliphatic carbocycles. The number of rotatable bonds is 4. The highest BCUT2D eigenvalue weighted by Crippen LogP contribution is 2.32. The topological polar surface area (TPSA) is 26.3 Å². The van der Waals surface area contributed by atoms with Crippen LogP contribution in [0.5, 0.6) is 0 Å². The van der Waals surface area contributed by atoms with Crippen molar-refractivity contribution in [3.63, 3.8) is 0 Å². The Hall–Kier alpha value is -1.05. The highest BCUT2D eigenvalue weighted by atomic mass is 16.5. The van der Waals surface area contributed by atoms with Gasteiger partial charge in [-0.2, -0.15) is 0 Å². The van der Waals surface area contributed by atoms with E-state index in [0.717, 1.165) is 30.6 Å². The molecule has 2 heteroatoms. The Morgan fingerprint density at radius 3 is 2.60 bits per heavy atom. The van der Waals surface area contributed by atoms with E-state index in [4.69, 9.17) is 4.74 Å².